The maximum Gasteiger partial charge on any atom is 0.126 e. The molecule has 0 amide bonds. The quantitative estimate of drug-likeness (QED) is 0.667. The van der Waals surface area contributed by atoms with Crippen LogP contribution in [0.5, 0.6) is 11.5 Å². The van der Waals surface area contributed by atoms with Gasteiger partial charge in [0.2, 0.25) is 0 Å². The molecule has 2 rings (SSSR count). The zero-order valence-corrected chi connectivity index (χ0v) is 8.20. The van der Waals surface area contributed by atoms with Crippen LogP contribution >= 0.6 is 0 Å². The van der Waals surface area contributed by atoms with Gasteiger partial charge in [-0.3, -0.25) is 0 Å². The molecule has 0 spiro atoms. The van der Waals surface area contributed by atoms with Crippen molar-refractivity contribution >= 4 is 10.8 Å². The molecule has 14 heavy (non-hydrogen) atoms. The van der Waals surface area contributed by atoms with Crippen LogP contribution in [0.4, 0.5) is 0 Å². The molecule has 2 aromatic rings. The van der Waals surface area contributed by atoms with Crippen molar-refractivity contribution in [2.45, 2.75) is 13.8 Å². The van der Waals surface area contributed by atoms with Gasteiger partial charge in [-0.05, 0) is 48.6 Å². The van der Waals surface area contributed by atoms with Gasteiger partial charge in [0.1, 0.15) is 11.5 Å². The van der Waals surface area contributed by atoms with E-state index in [4.69, 9.17) is 0 Å². The number of phenolic OH excluding ortho intramolecular Hbond substituents is 2. The van der Waals surface area contributed by atoms with Gasteiger partial charge in [0.05, 0.1) is 0 Å². The van der Waals surface area contributed by atoms with Crippen LogP contribution in [-0.2, 0) is 0 Å². The van der Waals surface area contributed by atoms with Gasteiger partial charge in [0.25, 0.3) is 0 Å². The van der Waals surface area contributed by atoms with E-state index >= 15 is 0 Å². The van der Waals surface area contributed by atoms with Crippen LogP contribution in [-0.4, -0.2) is 10.2 Å². The molecule has 2 heteroatoms. The summed E-state index contributed by atoms with van der Waals surface area (Å²) in [4.78, 5) is 0. The minimum Gasteiger partial charge on any atom is -0.508 e. The van der Waals surface area contributed by atoms with Crippen molar-refractivity contribution in [3.8, 4) is 11.5 Å². The van der Waals surface area contributed by atoms with Crippen LogP contribution in [0.1, 0.15) is 11.1 Å². The van der Waals surface area contributed by atoms with E-state index in [1.807, 2.05) is 19.9 Å². The molecule has 0 saturated carbocycles. The van der Waals surface area contributed by atoms with E-state index in [9.17, 15) is 10.2 Å². The Morgan fingerprint density at radius 2 is 1.71 bits per heavy atom. The van der Waals surface area contributed by atoms with Crippen molar-refractivity contribution in [3.05, 3.63) is 35.4 Å². The molecule has 0 saturated heterocycles. The van der Waals surface area contributed by atoms with Crippen molar-refractivity contribution in [3.63, 3.8) is 0 Å². The van der Waals surface area contributed by atoms with Crippen LogP contribution in [0.3, 0.4) is 0 Å². The maximum absolute atomic E-state index is 9.85. The predicted molar refractivity (Wildman–Crippen MR) is 56.8 cm³/mol. The fraction of sp³-hybridized carbons (Fsp3) is 0.167. The van der Waals surface area contributed by atoms with E-state index in [0.29, 0.717) is 5.75 Å². The number of aryl methyl sites for hydroxylation is 1. The van der Waals surface area contributed by atoms with Gasteiger partial charge in [-0.15, -0.1) is 0 Å². The number of hydrogen-bond acceptors (Lipinski definition) is 2. The second-order valence-corrected chi connectivity index (χ2v) is 3.57. The average molecular weight is 188 g/mol. The molecule has 0 radical (unpaired) electrons. The molecule has 0 aliphatic carbocycles. The van der Waals surface area contributed by atoms with E-state index in [1.165, 1.54) is 0 Å². The van der Waals surface area contributed by atoms with Crippen LogP contribution in [0.15, 0.2) is 24.3 Å². The molecule has 0 fully saturated rings. The number of benzene rings is 2. The minimum absolute atomic E-state index is 0.222. The molecular formula is C12H12O2. The van der Waals surface area contributed by atoms with Crippen LogP contribution in [0.2, 0.25) is 0 Å². The molecule has 0 heterocycles. The summed E-state index contributed by atoms with van der Waals surface area (Å²) in [6, 6.07) is 6.93. The topological polar surface area (TPSA) is 40.5 Å². The summed E-state index contributed by atoms with van der Waals surface area (Å²) >= 11 is 0. The Morgan fingerprint density at radius 1 is 1.00 bits per heavy atom. The van der Waals surface area contributed by atoms with Gasteiger partial charge in [-0.2, -0.15) is 0 Å². The first-order chi connectivity index (χ1) is 6.59. The van der Waals surface area contributed by atoms with Crippen LogP contribution in [0.25, 0.3) is 10.8 Å². The Labute approximate surface area is 82.4 Å². The summed E-state index contributed by atoms with van der Waals surface area (Å²) in [6.07, 6.45) is 0. The van der Waals surface area contributed by atoms with Crippen molar-refractivity contribution in [2.75, 3.05) is 0 Å². The largest absolute Gasteiger partial charge is 0.508 e. The highest BCUT2D eigenvalue weighted by atomic mass is 16.3. The first-order valence-corrected chi connectivity index (χ1v) is 4.51. The van der Waals surface area contributed by atoms with E-state index in [1.54, 1.807) is 18.2 Å². The molecular weight excluding hydrogens is 176 g/mol. The zero-order valence-electron chi connectivity index (χ0n) is 8.20. The second-order valence-electron chi connectivity index (χ2n) is 3.57. The second kappa shape index (κ2) is 2.91. The van der Waals surface area contributed by atoms with Gasteiger partial charge in [-0.1, -0.05) is 6.07 Å². The van der Waals surface area contributed by atoms with Crippen molar-refractivity contribution in [1.82, 2.24) is 0 Å². The summed E-state index contributed by atoms with van der Waals surface area (Å²) in [6.45, 7) is 3.83. The molecule has 2 aromatic carbocycles. The zero-order chi connectivity index (χ0) is 10.3. The first-order valence-electron chi connectivity index (χ1n) is 4.51. The van der Waals surface area contributed by atoms with Gasteiger partial charge >= 0.3 is 0 Å². The number of aromatic hydroxyl groups is 2. The number of rotatable bonds is 0. The van der Waals surface area contributed by atoms with E-state index in [-0.39, 0.29) is 5.75 Å². The normalized spacial score (nSPS) is 10.7. The number of hydrogen-bond donors (Lipinski definition) is 2. The van der Waals surface area contributed by atoms with E-state index in [2.05, 4.69) is 0 Å². The van der Waals surface area contributed by atoms with Gasteiger partial charge in [0, 0.05) is 5.39 Å². The number of fused-ring (bicyclic) bond motifs is 1. The highest BCUT2D eigenvalue weighted by molar-refractivity contribution is 5.91. The molecule has 0 aliphatic heterocycles. The van der Waals surface area contributed by atoms with Gasteiger partial charge in [0.15, 0.2) is 0 Å². The average Bonchev–Trinajstić information content (AvgIpc) is 2.14. The van der Waals surface area contributed by atoms with Gasteiger partial charge < -0.3 is 10.2 Å². The molecule has 0 unspecified atom stereocenters. The Hall–Kier alpha value is -1.70. The van der Waals surface area contributed by atoms with Crippen LogP contribution < -0.4 is 0 Å². The van der Waals surface area contributed by atoms with E-state index in [0.717, 1.165) is 21.9 Å². The monoisotopic (exact) mass is 188 g/mol. The summed E-state index contributed by atoms with van der Waals surface area (Å²) in [7, 11) is 0. The third-order valence-electron chi connectivity index (χ3n) is 2.61. The first kappa shape index (κ1) is 8.88. The lowest BCUT2D eigenvalue weighted by atomic mass is 10.0. The molecule has 0 atom stereocenters. The Balaban J connectivity index is 2.91. The van der Waals surface area contributed by atoms with Crippen LogP contribution in [0, 0.1) is 13.8 Å². The van der Waals surface area contributed by atoms with Crippen molar-refractivity contribution in [1.29, 1.82) is 0 Å². The molecule has 2 N–H and O–H groups in total. The fourth-order valence-corrected chi connectivity index (χ4v) is 1.62. The molecule has 0 aliphatic rings. The minimum atomic E-state index is 0.222. The number of phenols is 2. The van der Waals surface area contributed by atoms with Gasteiger partial charge in [-0.25, -0.2) is 0 Å². The summed E-state index contributed by atoms with van der Waals surface area (Å²) in [5.41, 5.74) is 1.92. The Kier molecular flexibility index (Phi) is 1.84. The molecule has 2 nitrogen and oxygen atoms in total. The Bertz CT molecular complexity index is 501. The lowest BCUT2D eigenvalue weighted by Gasteiger charge is -2.07. The third-order valence-corrected chi connectivity index (χ3v) is 2.61. The molecule has 72 valence electrons. The lowest BCUT2D eigenvalue weighted by Crippen LogP contribution is -1.84. The summed E-state index contributed by atoms with van der Waals surface area (Å²) in [5, 5.41) is 20.8. The standard InChI is InChI=1S/C12H12O2/c1-7-5-9-6-10(13)3-4-11(9)12(14)8(7)2/h3-6,13-14H,1-2H3. The Morgan fingerprint density at radius 3 is 2.43 bits per heavy atom. The highest BCUT2D eigenvalue weighted by Gasteiger charge is 2.06. The SMILES string of the molecule is Cc1cc2cc(O)ccc2c(O)c1C. The third kappa shape index (κ3) is 1.20. The molecule has 0 bridgehead atoms. The molecule has 0 aromatic heterocycles. The highest BCUT2D eigenvalue weighted by Crippen LogP contribution is 2.32. The van der Waals surface area contributed by atoms with E-state index < -0.39 is 0 Å². The smallest absolute Gasteiger partial charge is 0.126 e. The van der Waals surface area contributed by atoms with Crippen molar-refractivity contribution in [2.24, 2.45) is 0 Å². The summed E-state index contributed by atoms with van der Waals surface area (Å²) in [5.74, 6) is 0.528. The maximum atomic E-state index is 9.85. The predicted octanol–water partition coefficient (Wildman–Crippen LogP) is 2.87. The fourth-order valence-electron chi connectivity index (χ4n) is 1.62. The lowest BCUT2D eigenvalue weighted by molar-refractivity contribution is 0.473. The van der Waals surface area contributed by atoms with Crippen molar-refractivity contribution < 1.29 is 10.2 Å². The summed E-state index contributed by atoms with van der Waals surface area (Å²) < 4.78 is 0.